The van der Waals surface area contributed by atoms with Crippen LogP contribution in [0.4, 0.5) is 19.0 Å². The van der Waals surface area contributed by atoms with Crippen molar-refractivity contribution < 1.29 is 27.4 Å². The standard InChI is InChI=1S/C24H24ClF3N4O3/c1-34-17-9-8-15(12-18(17)35-2)16-13-19(24(26,27)28)32-22(30-16)20(25)21(31-32)23(33)29-11-10-14-6-4-3-5-7-14/h3-9,12,16,19,30H,10-11,13H2,1-2H3,(H,29,33)/t16-,19-/m1/s1. The molecule has 1 aromatic heterocycles. The van der Waals surface area contributed by atoms with E-state index in [1.165, 1.54) is 14.2 Å². The summed E-state index contributed by atoms with van der Waals surface area (Å²) in [6.07, 6.45) is -4.40. The summed E-state index contributed by atoms with van der Waals surface area (Å²) in [4.78, 5) is 12.7. The quantitative estimate of drug-likeness (QED) is 0.459. The van der Waals surface area contributed by atoms with E-state index in [4.69, 9.17) is 21.1 Å². The van der Waals surface area contributed by atoms with E-state index >= 15 is 0 Å². The molecule has 35 heavy (non-hydrogen) atoms. The van der Waals surface area contributed by atoms with Crippen LogP contribution in [0.25, 0.3) is 0 Å². The molecule has 0 fully saturated rings. The molecule has 0 saturated heterocycles. The van der Waals surface area contributed by atoms with E-state index in [0.717, 1.165) is 10.2 Å². The Morgan fingerprint density at radius 2 is 1.89 bits per heavy atom. The second-order valence-corrected chi connectivity index (χ2v) is 8.43. The lowest BCUT2D eigenvalue weighted by molar-refractivity contribution is -0.173. The molecule has 4 rings (SSSR count). The van der Waals surface area contributed by atoms with Crippen LogP contribution >= 0.6 is 11.6 Å². The minimum absolute atomic E-state index is 0.0618. The molecular formula is C24H24ClF3N4O3. The highest BCUT2D eigenvalue weighted by molar-refractivity contribution is 6.36. The highest BCUT2D eigenvalue weighted by atomic mass is 35.5. The van der Waals surface area contributed by atoms with Gasteiger partial charge in [-0.2, -0.15) is 18.3 Å². The molecule has 0 saturated carbocycles. The predicted octanol–water partition coefficient (Wildman–Crippen LogP) is 5.19. The average molecular weight is 509 g/mol. The molecule has 2 atom stereocenters. The Hall–Kier alpha value is -3.40. The summed E-state index contributed by atoms with van der Waals surface area (Å²) in [7, 11) is 2.92. The van der Waals surface area contributed by atoms with E-state index < -0.39 is 24.2 Å². The van der Waals surface area contributed by atoms with Crippen LogP contribution in [-0.4, -0.2) is 42.6 Å². The van der Waals surface area contributed by atoms with Gasteiger partial charge in [0.1, 0.15) is 10.8 Å². The number of nitrogens with one attached hydrogen (secondary N) is 2. The van der Waals surface area contributed by atoms with E-state index in [0.29, 0.717) is 23.5 Å². The number of hydrogen-bond donors (Lipinski definition) is 2. The largest absolute Gasteiger partial charge is 0.493 e. The molecule has 0 radical (unpaired) electrons. The number of carbonyl (C=O) groups is 1. The van der Waals surface area contributed by atoms with Gasteiger partial charge in [-0.3, -0.25) is 4.79 Å². The van der Waals surface area contributed by atoms with Crippen LogP contribution in [-0.2, 0) is 6.42 Å². The molecule has 11 heteroatoms. The van der Waals surface area contributed by atoms with E-state index in [1.54, 1.807) is 18.2 Å². The number of alkyl halides is 3. The third-order valence-electron chi connectivity index (χ3n) is 5.86. The third kappa shape index (κ3) is 5.17. The van der Waals surface area contributed by atoms with Crippen molar-refractivity contribution in [1.29, 1.82) is 0 Å². The van der Waals surface area contributed by atoms with Gasteiger partial charge in [0, 0.05) is 13.0 Å². The zero-order chi connectivity index (χ0) is 25.2. The number of nitrogens with zero attached hydrogens (tertiary/aromatic N) is 2. The van der Waals surface area contributed by atoms with E-state index in [1.807, 2.05) is 30.3 Å². The maximum Gasteiger partial charge on any atom is 0.410 e. The van der Waals surface area contributed by atoms with Crippen LogP contribution in [0.1, 0.15) is 40.1 Å². The first kappa shape index (κ1) is 24.7. The summed E-state index contributed by atoms with van der Waals surface area (Å²) >= 11 is 6.39. The molecular weight excluding hydrogens is 485 g/mol. The Labute approximate surface area is 205 Å². The molecule has 3 aromatic rings. The number of amides is 1. The second-order valence-electron chi connectivity index (χ2n) is 8.05. The molecule has 1 aliphatic rings. The molecule has 0 bridgehead atoms. The average Bonchev–Trinajstić information content (AvgIpc) is 3.19. The monoisotopic (exact) mass is 508 g/mol. The van der Waals surface area contributed by atoms with E-state index in [9.17, 15) is 18.0 Å². The van der Waals surface area contributed by atoms with Gasteiger partial charge in [0.2, 0.25) is 0 Å². The lowest BCUT2D eigenvalue weighted by Gasteiger charge is -2.33. The minimum atomic E-state index is -4.61. The highest BCUT2D eigenvalue weighted by Crippen LogP contribution is 2.47. The smallest absolute Gasteiger partial charge is 0.410 e. The van der Waals surface area contributed by atoms with Crippen molar-refractivity contribution in [2.45, 2.75) is 31.1 Å². The summed E-state index contributed by atoms with van der Waals surface area (Å²) < 4.78 is 53.3. The fraction of sp³-hybridized carbons (Fsp3) is 0.333. The highest BCUT2D eigenvalue weighted by Gasteiger charge is 2.48. The van der Waals surface area contributed by atoms with Gasteiger partial charge in [0.05, 0.1) is 20.3 Å². The molecule has 2 N–H and O–H groups in total. The normalized spacial score (nSPS) is 17.3. The van der Waals surface area contributed by atoms with Crippen LogP contribution in [0.3, 0.4) is 0 Å². The second kappa shape index (κ2) is 10.1. The third-order valence-corrected chi connectivity index (χ3v) is 6.22. The lowest BCUT2D eigenvalue weighted by atomic mass is 9.96. The first-order chi connectivity index (χ1) is 16.7. The van der Waals surface area contributed by atoms with Crippen LogP contribution in [0.2, 0.25) is 5.02 Å². The topological polar surface area (TPSA) is 77.4 Å². The van der Waals surface area contributed by atoms with E-state index in [-0.39, 0.29) is 29.5 Å². The van der Waals surface area contributed by atoms with Crippen molar-refractivity contribution in [3.63, 3.8) is 0 Å². The summed E-state index contributed by atoms with van der Waals surface area (Å²) in [5.74, 6) is 0.141. The molecule has 2 heterocycles. The SMILES string of the molecule is COc1ccc([C@H]2C[C@H](C(F)(F)F)n3nc(C(=O)NCCc4ccccc4)c(Cl)c3N2)cc1OC. The Balaban J connectivity index is 1.60. The van der Waals surface area contributed by atoms with Crippen LogP contribution in [0, 0.1) is 0 Å². The molecule has 1 aliphatic heterocycles. The van der Waals surface area contributed by atoms with Gasteiger partial charge in [-0.05, 0) is 29.7 Å². The minimum Gasteiger partial charge on any atom is -0.493 e. The Morgan fingerprint density at radius 3 is 2.54 bits per heavy atom. The number of hydrogen-bond acceptors (Lipinski definition) is 5. The van der Waals surface area contributed by atoms with Gasteiger partial charge in [-0.1, -0.05) is 48.0 Å². The van der Waals surface area contributed by atoms with Crippen molar-refractivity contribution in [2.24, 2.45) is 0 Å². The van der Waals surface area contributed by atoms with Gasteiger partial charge < -0.3 is 20.1 Å². The van der Waals surface area contributed by atoms with Gasteiger partial charge in [0.25, 0.3) is 5.91 Å². The summed E-state index contributed by atoms with van der Waals surface area (Å²) in [6, 6.07) is 11.7. The van der Waals surface area contributed by atoms with Crippen molar-refractivity contribution in [3.05, 3.63) is 70.4 Å². The number of rotatable bonds is 7. The molecule has 2 aromatic carbocycles. The zero-order valence-corrected chi connectivity index (χ0v) is 19.8. The van der Waals surface area contributed by atoms with Crippen molar-refractivity contribution in [3.8, 4) is 11.5 Å². The van der Waals surface area contributed by atoms with Gasteiger partial charge in [-0.15, -0.1) is 0 Å². The number of methoxy groups -OCH3 is 2. The van der Waals surface area contributed by atoms with Crippen molar-refractivity contribution in [2.75, 3.05) is 26.1 Å². The predicted molar refractivity (Wildman–Crippen MR) is 125 cm³/mol. The molecule has 7 nitrogen and oxygen atoms in total. The van der Waals surface area contributed by atoms with Crippen molar-refractivity contribution >= 4 is 23.3 Å². The van der Waals surface area contributed by atoms with Crippen LogP contribution < -0.4 is 20.1 Å². The molecule has 0 spiro atoms. The number of aromatic nitrogens is 2. The first-order valence-electron chi connectivity index (χ1n) is 10.9. The number of halogens is 4. The Kier molecular flexibility index (Phi) is 7.11. The fourth-order valence-corrected chi connectivity index (χ4v) is 4.34. The summed E-state index contributed by atoms with van der Waals surface area (Å²) in [5, 5.41) is 9.50. The lowest BCUT2D eigenvalue weighted by Crippen LogP contribution is -2.36. The summed E-state index contributed by atoms with van der Waals surface area (Å²) in [6.45, 7) is 0.283. The zero-order valence-electron chi connectivity index (χ0n) is 19.0. The Morgan fingerprint density at radius 1 is 1.17 bits per heavy atom. The van der Waals surface area contributed by atoms with Crippen molar-refractivity contribution in [1.82, 2.24) is 15.1 Å². The molecule has 1 amide bonds. The van der Waals surface area contributed by atoms with Gasteiger partial charge in [0.15, 0.2) is 23.2 Å². The van der Waals surface area contributed by atoms with Gasteiger partial charge in [-0.25, -0.2) is 4.68 Å². The number of ether oxygens (including phenoxy) is 2. The molecule has 0 aliphatic carbocycles. The summed E-state index contributed by atoms with van der Waals surface area (Å²) in [5.41, 5.74) is 1.30. The molecule has 186 valence electrons. The number of fused-ring (bicyclic) bond motifs is 1. The molecule has 0 unspecified atom stereocenters. The number of anilines is 1. The maximum atomic E-state index is 14.0. The Bertz CT molecular complexity index is 1200. The number of benzene rings is 2. The van der Waals surface area contributed by atoms with E-state index in [2.05, 4.69) is 15.7 Å². The maximum absolute atomic E-state index is 14.0. The van der Waals surface area contributed by atoms with Crippen LogP contribution in [0.5, 0.6) is 11.5 Å². The van der Waals surface area contributed by atoms with Gasteiger partial charge >= 0.3 is 6.18 Å². The first-order valence-corrected chi connectivity index (χ1v) is 11.3. The fourth-order valence-electron chi connectivity index (χ4n) is 4.07. The number of carbonyl (C=O) groups excluding carboxylic acids is 1. The van der Waals surface area contributed by atoms with Crippen LogP contribution in [0.15, 0.2) is 48.5 Å².